The maximum absolute atomic E-state index is 12.0. The van der Waals surface area contributed by atoms with E-state index in [0.29, 0.717) is 16.6 Å². The van der Waals surface area contributed by atoms with Gasteiger partial charge in [0.2, 0.25) is 0 Å². The van der Waals surface area contributed by atoms with Crippen LogP contribution in [0, 0.1) is 34.5 Å². The topological polar surface area (TPSA) is 30.0 Å². The van der Waals surface area contributed by atoms with Crippen LogP contribution < -0.4 is 0 Å². The van der Waals surface area contributed by atoms with Crippen LogP contribution in [0.2, 0.25) is 0 Å². The fourth-order valence-electron chi connectivity index (χ4n) is 7.54. The van der Waals surface area contributed by atoms with Gasteiger partial charge in [0.05, 0.1) is 0 Å². The van der Waals surface area contributed by atoms with Gasteiger partial charge in [-0.25, -0.2) is 0 Å². The van der Waals surface area contributed by atoms with Gasteiger partial charge >= 0.3 is 0 Å². The predicted octanol–water partition coefficient (Wildman–Crippen LogP) is 6.24. The fraction of sp³-hybridized carbons (Fsp3) is 0.615. The van der Waals surface area contributed by atoms with E-state index in [-0.39, 0.29) is 5.92 Å². The summed E-state index contributed by atoms with van der Waals surface area (Å²) < 4.78 is 0. The second kappa shape index (κ2) is 6.40. The Labute approximate surface area is 169 Å². The first-order valence-corrected chi connectivity index (χ1v) is 11.2. The molecule has 0 spiro atoms. The molecule has 1 aromatic heterocycles. The first kappa shape index (κ1) is 18.3. The van der Waals surface area contributed by atoms with Crippen molar-refractivity contribution in [3.63, 3.8) is 0 Å². The molecule has 0 radical (unpaired) electrons. The average Bonchev–Trinajstić information content (AvgIpc) is 3.05. The molecule has 28 heavy (non-hydrogen) atoms. The van der Waals surface area contributed by atoms with E-state index in [9.17, 15) is 4.79 Å². The van der Waals surface area contributed by atoms with Gasteiger partial charge in [-0.2, -0.15) is 0 Å². The number of hydrogen-bond acceptors (Lipinski definition) is 2. The smallest absolute Gasteiger partial charge is 0.133 e. The third kappa shape index (κ3) is 2.52. The van der Waals surface area contributed by atoms with Crippen LogP contribution in [0.3, 0.4) is 0 Å². The molecule has 0 aromatic carbocycles. The normalized spacial score (nSPS) is 42.0. The van der Waals surface area contributed by atoms with E-state index >= 15 is 0 Å². The molecule has 4 unspecified atom stereocenters. The fourth-order valence-corrected chi connectivity index (χ4v) is 7.54. The van der Waals surface area contributed by atoms with E-state index in [4.69, 9.17) is 0 Å². The van der Waals surface area contributed by atoms with Gasteiger partial charge in [0, 0.05) is 18.3 Å². The molecule has 148 valence electrons. The van der Waals surface area contributed by atoms with Crippen molar-refractivity contribution in [2.24, 2.45) is 34.5 Å². The van der Waals surface area contributed by atoms with Gasteiger partial charge in [-0.05, 0) is 97.7 Å². The van der Waals surface area contributed by atoms with Crippen LogP contribution in [0.25, 0.3) is 5.57 Å². The first-order valence-electron chi connectivity index (χ1n) is 11.2. The summed E-state index contributed by atoms with van der Waals surface area (Å²) in [6.07, 6.45) is 17.4. The van der Waals surface area contributed by atoms with Crippen molar-refractivity contribution in [3.05, 3.63) is 47.8 Å². The van der Waals surface area contributed by atoms with Crippen molar-refractivity contribution < 1.29 is 4.79 Å². The Balaban J connectivity index is 1.45. The maximum atomic E-state index is 12.0. The number of ketones is 1. The summed E-state index contributed by atoms with van der Waals surface area (Å²) in [7, 11) is 0. The summed E-state index contributed by atoms with van der Waals surface area (Å²) in [6.45, 7) is 6.84. The van der Waals surface area contributed by atoms with E-state index in [1.165, 1.54) is 37.7 Å². The Morgan fingerprint density at radius 3 is 2.64 bits per heavy atom. The van der Waals surface area contributed by atoms with Crippen LogP contribution >= 0.6 is 0 Å². The Morgan fingerprint density at radius 1 is 1.07 bits per heavy atom. The standard InChI is InChI=1S/C26H33NO/c1-17(28)18-10-12-25(2)20(15-18)6-7-21-23-9-8-22(19-5-4-14-27-16-19)26(23,3)13-11-24(21)25/h4-6,8,14,16,18,21,23-24H,7,9-13,15H2,1-3H3/t18?,21?,23?,24?,25-,26+/m0/s1. The molecule has 2 saturated carbocycles. The van der Waals surface area contributed by atoms with E-state index in [1.54, 1.807) is 18.1 Å². The minimum absolute atomic E-state index is 0.273. The van der Waals surface area contributed by atoms with E-state index in [1.807, 2.05) is 6.20 Å². The number of aromatic nitrogens is 1. The lowest BCUT2D eigenvalue weighted by molar-refractivity contribution is -0.122. The van der Waals surface area contributed by atoms with Crippen LogP contribution in [0.5, 0.6) is 0 Å². The van der Waals surface area contributed by atoms with Crippen molar-refractivity contribution in [1.29, 1.82) is 0 Å². The lowest BCUT2D eigenvalue weighted by atomic mass is 9.47. The Kier molecular flexibility index (Phi) is 4.19. The largest absolute Gasteiger partial charge is 0.300 e. The summed E-state index contributed by atoms with van der Waals surface area (Å²) in [5, 5.41) is 0. The predicted molar refractivity (Wildman–Crippen MR) is 113 cm³/mol. The molecule has 1 heterocycles. The highest BCUT2D eigenvalue weighted by atomic mass is 16.1. The van der Waals surface area contributed by atoms with Gasteiger partial charge in [0.15, 0.2) is 0 Å². The summed E-state index contributed by atoms with van der Waals surface area (Å²) in [6, 6.07) is 4.31. The minimum atomic E-state index is 0.273. The number of nitrogens with zero attached hydrogens (tertiary/aromatic N) is 1. The number of hydrogen-bond donors (Lipinski definition) is 0. The van der Waals surface area contributed by atoms with Gasteiger partial charge in [-0.3, -0.25) is 9.78 Å². The minimum Gasteiger partial charge on any atom is -0.300 e. The van der Waals surface area contributed by atoms with Crippen molar-refractivity contribution in [3.8, 4) is 0 Å². The zero-order valence-corrected chi connectivity index (χ0v) is 17.6. The summed E-state index contributed by atoms with van der Waals surface area (Å²) >= 11 is 0. The lowest BCUT2D eigenvalue weighted by Gasteiger charge is -2.58. The molecule has 5 rings (SSSR count). The molecule has 0 N–H and O–H groups in total. The van der Waals surface area contributed by atoms with Crippen molar-refractivity contribution in [2.45, 2.75) is 65.7 Å². The zero-order chi connectivity index (χ0) is 19.5. The molecule has 0 bridgehead atoms. The second-order valence-electron chi connectivity index (χ2n) is 10.4. The van der Waals surface area contributed by atoms with Crippen LogP contribution in [0.15, 0.2) is 42.3 Å². The molecule has 2 fully saturated rings. The first-order chi connectivity index (χ1) is 13.4. The van der Waals surface area contributed by atoms with Gasteiger partial charge in [0.25, 0.3) is 0 Å². The molecule has 6 atom stereocenters. The number of pyridine rings is 1. The van der Waals surface area contributed by atoms with Crippen molar-refractivity contribution in [2.75, 3.05) is 0 Å². The van der Waals surface area contributed by atoms with Crippen LogP contribution in [-0.2, 0) is 4.79 Å². The van der Waals surface area contributed by atoms with E-state index in [0.717, 1.165) is 30.6 Å². The number of fused-ring (bicyclic) bond motifs is 5. The van der Waals surface area contributed by atoms with Crippen LogP contribution in [0.1, 0.15) is 71.3 Å². The Hall–Kier alpha value is -1.70. The second-order valence-corrected chi connectivity index (χ2v) is 10.4. The third-order valence-corrected chi connectivity index (χ3v) is 9.23. The molecule has 0 aliphatic heterocycles. The Morgan fingerprint density at radius 2 is 1.89 bits per heavy atom. The number of Topliss-reactive ketones (excluding diaryl/α,β-unsaturated/α-hetero) is 1. The molecule has 4 aliphatic rings. The van der Waals surface area contributed by atoms with Gasteiger partial charge < -0.3 is 0 Å². The van der Waals surface area contributed by atoms with E-state index in [2.05, 4.69) is 49.3 Å². The highest BCUT2D eigenvalue weighted by molar-refractivity contribution is 5.79. The van der Waals surface area contributed by atoms with Crippen molar-refractivity contribution in [1.82, 2.24) is 4.98 Å². The number of allylic oxidation sites excluding steroid dienone is 4. The molecule has 2 nitrogen and oxygen atoms in total. The maximum Gasteiger partial charge on any atom is 0.133 e. The molecular weight excluding hydrogens is 342 g/mol. The average molecular weight is 376 g/mol. The van der Waals surface area contributed by atoms with Crippen LogP contribution in [0.4, 0.5) is 0 Å². The van der Waals surface area contributed by atoms with Crippen molar-refractivity contribution >= 4 is 11.4 Å². The molecule has 2 heteroatoms. The zero-order valence-electron chi connectivity index (χ0n) is 17.6. The van der Waals surface area contributed by atoms with Gasteiger partial charge in [-0.15, -0.1) is 0 Å². The highest BCUT2D eigenvalue weighted by Gasteiger charge is 2.56. The quantitative estimate of drug-likeness (QED) is 0.572. The molecule has 0 saturated heterocycles. The van der Waals surface area contributed by atoms with Gasteiger partial charge in [0.1, 0.15) is 5.78 Å². The number of carbonyl (C=O) groups is 1. The summed E-state index contributed by atoms with van der Waals surface area (Å²) in [5.74, 6) is 2.99. The third-order valence-electron chi connectivity index (χ3n) is 9.23. The highest BCUT2D eigenvalue weighted by Crippen LogP contribution is 2.66. The molecule has 4 aliphatic carbocycles. The van der Waals surface area contributed by atoms with Crippen LogP contribution in [-0.4, -0.2) is 10.8 Å². The summed E-state index contributed by atoms with van der Waals surface area (Å²) in [5.41, 5.74) is 5.10. The lowest BCUT2D eigenvalue weighted by Crippen LogP contribution is -2.49. The number of carbonyl (C=O) groups excluding carboxylic acids is 1. The van der Waals surface area contributed by atoms with E-state index < -0.39 is 0 Å². The number of rotatable bonds is 2. The van der Waals surface area contributed by atoms with Gasteiger partial charge in [-0.1, -0.05) is 37.6 Å². The molecule has 1 aromatic rings. The summed E-state index contributed by atoms with van der Waals surface area (Å²) in [4.78, 5) is 16.4. The Bertz CT molecular complexity index is 852. The SMILES string of the molecule is CC(=O)C1CC[C@@]2(C)C(=CCC3C2CC[C@]2(C)C(c4cccnc4)=CCC32)C1. The molecular formula is C26H33NO. The monoisotopic (exact) mass is 375 g/mol. The molecule has 0 amide bonds.